The minimum Gasteiger partial charge on any atom is -0.497 e. The van der Waals surface area contributed by atoms with Gasteiger partial charge in [-0.05, 0) is 31.5 Å². The molecule has 0 heterocycles. The Morgan fingerprint density at radius 1 is 1.20 bits per heavy atom. The number of nitrogens with one attached hydrogen (secondary N) is 2. The van der Waals surface area contributed by atoms with Gasteiger partial charge in [-0.15, -0.1) is 0 Å². The molecule has 5 heteroatoms. The Kier molecular flexibility index (Phi) is 6.98. The molecule has 2 unspecified atom stereocenters. The highest BCUT2D eigenvalue weighted by Gasteiger charge is 2.13. The van der Waals surface area contributed by atoms with Gasteiger partial charge in [-0.25, -0.2) is 0 Å². The largest absolute Gasteiger partial charge is 0.497 e. The van der Waals surface area contributed by atoms with E-state index in [1.165, 1.54) is 0 Å². The molecule has 0 bridgehead atoms. The predicted molar refractivity (Wildman–Crippen MR) is 99.8 cm³/mol. The molecule has 0 saturated heterocycles. The van der Waals surface area contributed by atoms with Crippen LogP contribution in [0.4, 0.5) is 5.69 Å². The van der Waals surface area contributed by atoms with Crippen molar-refractivity contribution in [2.75, 3.05) is 19.0 Å². The summed E-state index contributed by atoms with van der Waals surface area (Å²) < 4.78 is 5.14. The summed E-state index contributed by atoms with van der Waals surface area (Å²) in [5, 5.41) is 16.3. The molecule has 0 saturated carbocycles. The Morgan fingerprint density at radius 3 is 2.68 bits per heavy atom. The summed E-state index contributed by atoms with van der Waals surface area (Å²) in [5.41, 5.74) is 2.69. The molecule has 0 aliphatic heterocycles. The van der Waals surface area contributed by atoms with Gasteiger partial charge in [0.15, 0.2) is 0 Å². The van der Waals surface area contributed by atoms with Gasteiger partial charge in [-0.2, -0.15) is 0 Å². The molecule has 2 atom stereocenters. The van der Waals surface area contributed by atoms with Crippen LogP contribution in [0.25, 0.3) is 0 Å². The van der Waals surface area contributed by atoms with Crippen LogP contribution in [0, 0.1) is 6.92 Å². The Morgan fingerprint density at radius 2 is 1.96 bits per heavy atom. The zero-order valence-electron chi connectivity index (χ0n) is 15.0. The van der Waals surface area contributed by atoms with Gasteiger partial charge in [0, 0.05) is 30.8 Å². The van der Waals surface area contributed by atoms with Crippen molar-refractivity contribution in [3.63, 3.8) is 0 Å². The molecule has 2 aromatic rings. The number of hydrogen-bond donors (Lipinski definition) is 3. The summed E-state index contributed by atoms with van der Waals surface area (Å²) in [6.07, 6.45) is -0.276. The van der Waals surface area contributed by atoms with Crippen molar-refractivity contribution >= 4 is 11.6 Å². The molecule has 3 N–H and O–H groups in total. The number of rotatable bonds is 8. The van der Waals surface area contributed by atoms with Crippen LogP contribution in [0.15, 0.2) is 48.5 Å². The van der Waals surface area contributed by atoms with Crippen molar-refractivity contribution in [3.8, 4) is 5.75 Å². The molecule has 0 aromatic heterocycles. The van der Waals surface area contributed by atoms with Gasteiger partial charge >= 0.3 is 0 Å². The summed E-state index contributed by atoms with van der Waals surface area (Å²) in [7, 11) is 1.59. The van der Waals surface area contributed by atoms with Crippen LogP contribution in [-0.2, 0) is 4.79 Å². The summed E-state index contributed by atoms with van der Waals surface area (Å²) in [5.74, 6) is 0.614. The predicted octanol–water partition coefficient (Wildman–Crippen LogP) is 3.04. The summed E-state index contributed by atoms with van der Waals surface area (Å²) in [6.45, 7) is 4.32. The maximum absolute atomic E-state index is 12.1. The number of amides is 1. The van der Waals surface area contributed by atoms with Crippen LogP contribution in [0.1, 0.15) is 30.6 Å². The lowest BCUT2D eigenvalue weighted by Gasteiger charge is -2.17. The lowest BCUT2D eigenvalue weighted by Crippen LogP contribution is -2.33. The molecule has 25 heavy (non-hydrogen) atoms. The zero-order chi connectivity index (χ0) is 18.2. The zero-order valence-corrected chi connectivity index (χ0v) is 15.0. The molecule has 0 aliphatic carbocycles. The fourth-order valence-corrected chi connectivity index (χ4v) is 2.57. The summed E-state index contributed by atoms with van der Waals surface area (Å²) >= 11 is 0. The maximum atomic E-state index is 12.1. The molecule has 2 rings (SSSR count). The van der Waals surface area contributed by atoms with E-state index in [1.54, 1.807) is 13.2 Å². The molecule has 0 aliphatic rings. The van der Waals surface area contributed by atoms with E-state index in [9.17, 15) is 9.90 Å². The van der Waals surface area contributed by atoms with Crippen molar-refractivity contribution in [1.82, 2.24) is 5.32 Å². The van der Waals surface area contributed by atoms with E-state index in [0.717, 1.165) is 11.1 Å². The number of benzene rings is 2. The monoisotopic (exact) mass is 342 g/mol. The van der Waals surface area contributed by atoms with Crippen molar-refractivity contribution in [1.29, 1.82) is 0 Å². The highest BCUT2D eigenvalue weighted by molar-refractivity contribution is 5.91. The average Bonchev–Trinajstić information content (AvgIpc) is 2.59. The molecule has 0 radical (unpaired) electrons. The normalized spacial score (nSPS) is 13.1. The van der Waals surface area contributed by atoms with Gasteiger partial charge in [0.1, 0.15) is 5.75 Å². The number of aryl methyl sites for hydroxylation is 1. The van der Waals surface area contributed by atoms with E-state index in [0.29, 0.717) is 24.4 Å². The Balaban J connectivity index is 1.79. The van der Waals surface area contributed by atoms with Crippen molar-refractivity contribution < 1.29 is 14.6 Å². The molecular formula is C20H26N2O3. The first-order valence-corrected chi connectivity index (χ1v) is 8.40. The van der Waals surface area contributed by atoms with Gasteiger partial charge in [0.2, 0.25) is 5.91 Å². The van der Waals surface area contributed by atoms with Gasteiger partial charge in [-0.3, -0.25) is 4.79 Å². The number of methoxy groups -OCH3 is 1. The Bertz CT molecular complexity index is 703. The molecule has 2 aromatic carbocycles. The second-order valence-corrected chi connectivity index (χ2v) is 6.22. The highest BCUT2D eigenvalue weighted by Crippen LogP contribution is 2.17. The Labute approximate surface area is 149 Å². The summed E-state index contributed by atoms with van der Waals surface area (Å²) in [4.78, 5) is 12.1. The second kappa shape index (κ2) is 9.20. The standard InChI is InChI=1S/C20H26N2O3/c1-14-6-4-7-16(10-14)19(23)13-21-15(2)11-20(24)22-17-8-5-9-18(12-17)25-3/h4-10,12,15,19,21,23H,11,13H2,1-3H3,(H,22,24). The van der Waals surface area contributed by atoms with E-state index in [4.69, 9.17) is 4.74 Å². The number of carbonyl (C=O) groups is 1. The number of anilines is 1. The number of hydrogen-bond acceptors (Lipinski definition) is 4. The number of aliphatic hydroxyl groups excluding tert-OH is 1. The minimum atomic E-state index is -0.594. The quantitative estimate of drug-likeness (QED) is 0.690. The average molecular weight is 342 g/mol. The van der Waals surface area contributed by atoms with E-state index in [-0.39, 0.29) is 11.9 Å². The molecule has 5 nitrogen and oxygen atoms in total. The number of carbonyl (C=O) groups excluding carboxylic acids is 1. The maximum Gasteiger partial charge on any atom is 0.225 e. The van der Waals surface area contributed by atoms with Gasteiger partial charge in [0.25, 0.3) is 0 Å². The van der Waals surface area contributed by atoms with Crippen LogP contribution >= 0.6 is 0 Å². The third-order valence-electron chi connectivity index (χ3n) is 3.93. The van der Waals surface area contributed by atoms with Crippen LogP contribution in [0.2, 0.25) is 0 Å². The first-order chi connectivity index (χ1) is 12.0. The molecular weight excluding hydrogens is 316 g/mol. The first-order valence-electron chi connectivity index (χ1n) is 8.40. The van der Waals surface area contributed by atoms with Crippen molar-refractivity contribution in [2.45, 2.75) is 32.4 Å². The van der Waals surface area contributed by atoms with Gasteiger partial charge in [0.05, 0.1) is 13.2 Å². The molecule has 1 amide bonds. The third kappa shape index (κ3) is 6.21. The SMILES string of the molecule is COc1cccc(NC(=O)CC(C)NCC(O)c2cccc(C)c2)c1. The second-order valence-electron chi connectivity index (χ2n) is 6.22. The van der Waals surface area contributed by atoms with E-state index < -0.39 is 6.10 Å². The van der Waals surface area contributed by atoms with Crippen LogP contribution < -0.4 is 15.4 Å². The fourth-order valence-electron chi connectivity index (χ4n) is 2.57. The lowest BCUT2D eigenvalue weighted by atomic mass is 10.1. The lowest BCUT2D eigenvalue weighted by molar-refractivity contribution is -0.116. The van der Waals surface area contributed by atoms with Crippen LogP contribution in [0.5, 0.6) is 5.75 Å². The van der Waals surface area contributed by atoms with Gasteiger partial charge < -0.3 is 20.5 Å². The topological polar surface area (TPSA) is 70.6 Å². The van der Waals surface area contributed by atoms with Crippen molar-refractivity contribution in [3.05, 3.63) is 59.7 Å². The van der Waals surface area contributed by atoms with E-state index in [1.807, 2.05) is 56.3 Å². The molecule has 0 fully saturated rings. The highest BCUT2D eigenvalue weighted by atomic mass is 16.5. The van der Waals surface area contributed by atoms with E-state index >= 15 is 0 Å². The van der Waals surface area contributed by atoms with Gasteiger partial charge in [-0.1, -0.05) is 35.9 Å². The fraction of sp³-hybridized carbons (Fsp3) is 0.350. The third-order valence-corrected chi connectivity index (χ3v) is 3.93. The number of aliphatic hydroxyl groups is 1. The van der Waals surface area contributed by atoms with Crippen molar-refractivity contribution in [2.24, 2.45) is 0 Å². The number of ether oxygens (including phenoxy) is 1. The summed E-state index contributed by atoms with van der Waals surface area (Å²) in [6, 6.07) is 15.0. The van der Waals surface area contributed by atoms with Crippen LogP contribution in [-0.4, -0.2) is 30.7 Å². The van der Waals surface area contributed by atoms with Crippen LogP contribution in [0.3, 0.4) is 0 Å². The van der Waals surface area contributed by atoms with E-state index in [2.05, 4.69) is 10.6 Å². The molecule has 134 valence electrons. The first kappa shape index (κ1) is 19.0. The molecule has 0 spiro atoms. The minimum absolute atomic E-state index is 0.0509. The Hall–Kier alpha value is -2.37. The smallest absolute Gasteiger partial charge is 0.225 e.